The molecule has 0 radical (unpaired) electrons. The molecule has 1 aromatic carbocycles. The molecule has 1 saturated carbocycles. The number of benzene rings is 1. The van der Waals surface area contributed by atoms with E-state index in [1.807, 2.05) is 6.07 Å². The van der Waals surface area contributed by atoms with E-state index >= 15 is 0 Å². The first kappa shape index (κ1) is 17.9. The minimum absolute atomic E-state index is 0.0192. The summed E-state index contributed by atoms with van der Waals surface area (Å²) in [6, 6.07) is 7.99. The van der Waals surface area contributed by atoms with E-state index < -0.39 is 19.8 Å². The number of hydrogen-bond donors (Lipinski definition) is 2. The van der Waals surface area contributed by atoms with Crippen molar-refractivity contribution in [1.29, 1.82) is 0 Å². The number of phosphoric acid groups is 1. The number of hydrogen-bond acceptors (Lipinski definition) is 5. The third-order valence-corrected chi connectivity index (χ3v) is 4.15. The molecular formula is C15H22NO6P. The second-order valence-corrected chi connectivity index (χ2v) is 6.77. The lowest BCUT2D eigenvalue weighted by Gasteiger charge is -2.33. The fraction of sp³-hybridized carbons (Fsp3) is 0.533. The highest BCUT2D eigenvalue weighted by atomic mass is 31.2. The van der Waals surface area contributed by atoms with Crippen LogP contribution < -0.4 is 5.06 Å². The standard InChI is InChI=1S/C15H22NO6P/c1-12(15(17)22-23(18,19)20)16(13-8-4-2-5-9-13)21-14-10-6-3-7-11-14/h2,4-5,8-9,12,14H,3,6-7,10-11H2,1H3,(H2,18,19,20)/t12-/m0/s1. The van der Waals surface area contributed by atoms with Gasteiger partial charge in [0, 0.05) is 0 Å². The Morgan fingerprint density at radius 2 is 1.83 bits per heavy atom. The zero-order valence-corrected chi connectivity index (χ0v) is 13.9. The Balaban J connectivity index is 2.15. The van der Waals surface area contributed by atoms with Crippen LogP contribution in [0.1, 0.15) is 39.0 Å². The van der Waals surface area contributed by atoms with Crippen molar-refractivity contribution < 1.29 is 28.5 Å². The molecule has 0 aromatic heterocycles. The summed E-state index contributed by atoms with van der Waals surface area (Å²) in [4.78, 5) is 35.6. The smallest absolute Gasteiger partial charge is 0.369 e. The summed E-state index contributed by atoms with van der Waals surface area (Å²) in [5, 5.41) is 1.38. The molecule has 1 aliphatic carbocycles. The van der Waals surface area contributed by atoms with Gasteiger partial charge in [-0.2, -0.15) is 0 Å². The van der Waals surface area contributed by atoms with Gasteiger partial charge in [-0.25, -0.2) is 14.4 Å². The van der Waals surface area contributed by atoms with Crippen molar-refractivity contribution in [2.45, 2.75) is 51.2 Å². The van der Waals surface area contributed by atoms with Gasteiger partial charge in [-0.05, 0) is 31.9 Å². The van der Waals surface area contributed by atoms with Gasteiger partial charge in [0.15, 0.2) is 6.04 Å². The monoisotopic (exact) mass is 343 g/mol. The van der Waals surface area contributed by atoms with Crippen molar-refractivity contribution in [2.75, 3.05) is 5.06 Å². The predicted octanol–water partition coefficient (Wildman–Crippen LogP) is 2.78. The lowest BCUT2D eigenvalue weighted by molar-refractivity contribution is -0.140. The third-order valence-electron chi connectivity index (χ3n) is 3.73. The minimum Gasteiger partial charge on any atom is -0.369 e. The fourth-order valence-corrected chi connectivity index (χ4v) is 2.96. The number of para-hydroxylation sites is 1. The molecule has 0 amide bonds. The first-order valence-corrected chi connectivity index (χ1v) is 9.20. The topological polar surface area (TPSA) is 96.3 Å². The molecule has 1 atom stereocenters. The third kappa shape index (κ3) is 5.62. The van der Waals surface area contributed by atoms with Crippen LogP contribution in [0.3, 0.4) is 0 Å². The Labute approximate surface area is 135 Å². The molecule has 0 bridgehead atoms. The summed E-state index contributed by atoms with van der Waals surface area (Å²) in [7, 11) is -4.88. The van der Waals surface area contributed by atoms with E-state index in [-0.39, 0.29) is 6.10 Å². The normalized spacial score (nSPS) is 17.5. The van der Waals surface area contributed by atoms with Gasteiger partial charge in [-0.15, -0.1) is 0 Å². The molecule has 0 saturated heterocycles. The largest absolute Gasteiger partial charge is 0.527 e. The highest BCUT2D eigenvalue weighted by Crippen LogP contribution is 2.37. The molecule has 2 N–H and O–H groups in total. The second-order valence-electron chi connectivity index (χ2n) is 5.60. The Kier molecular flexibility index (Phi) is 6.18. The maximum atomic E-state index is 12.0. The summed E-state index contributed by atoms with van der Waals surface area (Å²) >= 11 is 0. The van der Waals surface area contributed by atoms with E-state index in [1.165, 1.54) is 18.4 Å². The molecule has 0 heterocycles. The van der Waals surface area contributed by atoms with E-state index in [4.69, 9.17) is 14.6 Å². The van der Waals surface area contributed by atoms with Gasteiger partial charge in [-0.3, -0.25) is 14.6 Å². The molecule has 7 nitrogen and oxygen atoms in total. The highest BCUT2D eigenvalue weighted by molar-refractivity contribution is 7.46. The van der Waals surface area contributed by atoms with E-state index in [0.717, 1.165) is 25.7 Å². The van der Waals surface area contributed by atoms with Crippen LogP contribution in [-0.4, -0.2) is 27.9 Å². The average molecular weight is 343 g/mol. The SMILES string of the molecule is C[C@@H](C(=O)OP(=O)(O)O)N(OC1CCCCC1)c1ccccc1. The van der Waals surface area contributed by atoms with Gasteiger partial charge >= 0.3 is 13.8 Å². The van der Waals surface area contributed by atoms with Gasteiger partial charge in [0.2, 0.25) is 0 Å². The molecule has 1 fully saturated rings. The molecule has 0 aliphatic heterocycles. The number of hydroxylamine groups is 1. The summed E-state index contributed by atoms with van der Waals surface area (Å²) in [6.07, 6.45) is 5.06. The molecular weight excluding hydrogens is 321 g/mol. The van der Waals surface area contributed by atoms with Crippen molar-refractivity contribution in [3.63, 3.8) is 0 Å². The fourth-order valence-electron chi connectivity index (χ4n) is 2.57. The molecule has 0 unspecified atom stereocenters. The van der Waals surface area contributed by atoms with Crippen molar-refractivity contribution in [2.24, 2.45) is 0 Å². The number of nitrogens with zero attached hydrogens (tertiary/aromatic N) is 1. The number of rotatable bonds is 6. The van der Waals surface area contributed by atoms with Crippen LogP contribution in [0, 0.1) is 0 Å². The van der Waals surface area contributed by atoms with Crippen LogP contribution >= 0.6 is 7.82 Å². The predicted molar refractivity (Wildman–Crippen MR) is 84.5 cm³/mol. The van der Waals surface area contributed by atoms with Crippen LogP contribution in [0.2, 0.25) is 0 Å². The molecule has 1 aromatic rings. The maximum Gasteiger partial charge on any atom is 0.527 e. The summed E-state index contributed by atoms with van der Waals surface area (Å²) in [5.74, 6) is -1.03. The Morgan fingerprint density at radius 1 is 1.22 bits per heavy atom. The summed E-state index contributed by atoms with van der Waals surface area (Å²) in [6.45, 7) is 1.49. The van der Waals surface area contributed by atoms with Crippen molar-refractivity contribution in [1.82, 2.24) is 0 Å². The van der Waals surface area contributed by atoms with Gasteiger partial charge in [0.1, 0.15) is 0 Å². The molecule has 8 heteroatoms. The first-order chi connectivity index (χ1) is 10.9. The van der Waals surface area contributed by atoms with E-state index in [9.17, 15) is 9.36 Å². The maximum absolute atomic E-state index is 12.0. The number of carbonyl (C=O) groups excluding carboxylic acids is 1. The lowest BCUT2D eigenvalue weighted by atomic mass is 9.98. The molecule has 128 valence electrons. The molecule has 2 rings (SSSR count). The molecule has 0 spiro atoms. The number of anilines is 1. The second kappa shape index (κ2) is 7.93. The number of phosphoric ester groups is 1. The van der Waals surface area contributed by atoms with Crippen LogP contribution in [0.4, 0.5) is 5.69 Å². The van der Waals surface area contributed by atoms with Gasteiger partial charge < -0.3 is 4.52 Å². The Bertz CT molecular complexity index is 554. The Hall–Kier alpha value is -1.40. The van der Waals surface area contributed by atoms with Crippen molar-refractivity contribution in [3.8, 4) is 0 Å². The zero-order chi connectivity index (χ0) is 16.9. The van der Waals surface area contributed by atoms with Crippen LogP contribution in [0.5, 0.6) is 0 Å². The number of carbonyl (C=O) groups is 1. The van der Waals surface area contributed by atoms with Crippen LogP contribution in [0.25, 0.3) is 0 Å². The van der Waals surface area contributed by atoms with E-state index in [1.54, 1.807) is 24.3 Å². The van der Waals surface area contributed by atoms with Gasteiger partial charge in [0.05, 0.1) is 11.8 Å². The summed E-state index contributed by atoms with van der Waals surface area (Å²) < 4.78 is 15.1. The molecule has 23 heavy (non-hydrogen) atoms. The first-order valence-electron chi connectivity index (χ1n) is 7.67. The van der Waals surface area contributed by atoms with Crippen molar-refractivity contribution >= 4 is 19.5 Å². The Morgan fingerprint density at radius 3 is 2.39 bits per heavy atom. The van der Waals surface area contributed by atoms with E-state index in [0.29, 0.717) is 5.69 Å². The quantitative estimate of drug-likeness (QED) is 0.605. The van der Waals surface area contributed by atoms with E-state index in [2.05, 4.69) is 4.52 Å². The van der Waals surface area contributed by atoms with Crippen LogP contribution in [-0.2, 0) is 18.7 Å². The zero-order valence-electron chi connectivity index (χ0n) is 13.0. The van der Waals surface area contributed by atoms with Gasteiger partial charge in [0.25, 0.3) is 0 Å². The van der Waals surface area contributed by atoms with Gasteiger partial charge in [-0.1, -0.05) is 37.5 Å². The average Bonchev–Trinajstić information content (AvgIpc) is 2.52. The lowest BCUT2D eigenvalue weighted by Crippen LogP contribution is -2.42. The molecule has 1 aliphatic rings. The highest BCUT2D eigenvalue weighted by Gasteiger charge is 2.31. The minimum atomic E-state index is -4.88. The van der Waals surface area contributed by atoms with Crippen LogP contribution in [0.15, 0.2) is 30.3 Å². The summed E-state index contributed by atoms with van der Waals surface area (Å²) in [5.41, 5.74) is 0.633. The van der Waals surface area contributed by atoms with Crippen molar-refractivity contribution in [3.05, 3.63) is 30.3 Å².